The van der Waals surface area contributed by atoms with Crippen LogP contribution in [-0.4, -0.2) is 19.9 Å². The third-order valence-electron chi connectivity index (χ3n) is 1.92. The molecule has 2 rings (SSSR count). The first-order valence-corrected chi connectivity index (χ1v) is 4.61. The van der Waals surface area contributed by atoms with Crippen molar-refractivity contribution in [2.45, 2.75) is 0 Å². The predicted molar refractivity (Wildman–Crippen MR) is 60.6 cm³/mol. The standard InChI is InChI=1S/C9H8N6O2/c10-8-11-5-12-9(14-8)13-6-1-3-7(4-2-6)15(16)17/h1-5H,(H3,10,11,12,13,14). The van der Waals surface area contributed by atoms with Gasteiger partial charge in [0, 0.05) is 17.8 Å². The number of hydrogen-bond acceptors (Lipinski definition) is 7. The lowest BCUT2D eigenvalue weighted by Crippen LogP contribution is -2.01. The summed E-state index contributed by atoms with van der Waals surface area (Å²) in [6.45, 7) is 0. The van der Waals surface area contributed by atoms with Crippen molar-refractivity contribution in [1.29, 1.82) is 0 Å². The van der Waals surface area contributed by atoms with Crippen molar-refractivity contribution in [2.24, 2.45) is 0 Å². The molecular weight excluding hydrogens is 224 g/mol. The van der Waals surface area contributed by atoms with Gasteiger partial charge in [-0.25, -0.2) is 9.97 Å². The van der Waals surface area contributed by atoms with E-state index < -0.39 is 4.92 Å². The van der Waals surface area contributed by atoms with Crippen molar-refractivity contribution < 1.29 is 4.92 Å². The topological polar surface area (TPSA) is 120 Å². The van der Waals surface area contributed by atoms with Gasteiger partial charge in [-0.15, -0.1) is 0 Å². The first-order valence-electron chi connectivity index (χ1n) is 4.61. The summed E-state index contributed by atoms with van der Waals surface area (Å²) >= 11 is 0. The Morgan fingerprint density at radius 3 is 2.53 bits per heavy atom. The summed E-state index contributed by atoms with van der Waals surface area (Å²) in [6, 6.07) is 5.87. The summed E-state index contributed by atoms with van der Waals surface area (Å²) in [5.41, 5.74) is 6.03. The Hall–Kier alpha value is -2.77. The van der Waals surface area contributed by atoms with Crippen molar-refractivity contribution >= 4 is 23.3 Å². The monoisotopic (exact) mass is 232 g/mol. The molecule has 0 spiro atoms. The smallest absolute Gasteiger partial charge is 0.269 e. The molecule has 0 saturated heterocycles. The first kappa shape index (κ1) is 10.7. The zero-order chi connectivity index (χ0) is 12.3. The molecule has 2 aromatic rings. The lowest BCUT2D eigenvalue weighted by atomic mass is 10.3. The van der Waals surface area contributed by atoms with E-state index in [1.807, 2.05) is 0 Å². The van der Waals surface area contributed by atoms with Crippen LogP contribution in [0.5, 0.6) is 0 Å². The highest BCUT2D eigenvalue weighted by Crippen LogP contribution is 2.17. The molecule has 8 heteroatoms. The fraction of sp³-hybridized carbons (Fsp3) is 0. The molecule has 0 saturated carbocycles. The molecule has 1 aromatic heterocycles. The Morgan fingerprint density at radius 1 is 1.24 bits per heavy atom. The van der Waals surface area contributed by atoms with Gasteiger partial charge in [0.05, 0.1) is 4.92 Å². The summed E-state index contributed by atoms with van der Waals surface area (Å²) in [4.78, 5) is 21.3. The number of nitrogens with two attached hydrogens (primary N) is 1. The number of nitrogens with one attached hydrogen (secondary N) is 1. The minimum Gasteiger partial charge on any atom is -0.368 e. The second-order valence-electron chi connectivity index (χ2n) is 3.10. The van der Waals surface area contributed by atoms with Gasteiger partial charge in [0.1, 0.15) is 6.33 Å². The number of non-ortho nitro benzene ring substituents is 1. The predicted octanol–water partition coefficient (Wildman–Crippen LogP) is 1.11. The molecule has 86 valence electrons. The molecule has 0 aliphatic carbocycles. The average molecular weight is 232 g/mol. The van der Waals surface area contributed by atoms with Crippen LogP contribution in [0.4, 0.5) is 23.3 Å². The molecule has 8 nitrogen and oxygen atoms in total. The lowest BCUT2D eigenvalue weighted by molar-refractivity contribution is -0.384. The summed E-state index contributed by atoms with van der Waals surface area (Å²) < 4.78 is 0. The number of aromatic nitrogens is 3. The van der Waals surface area contributed by atoms with Gasteiger partial charge in [0.25, 0.3) is 5.69 Å². The molecule has 0 aliphatic rings. The van der Waals surface area contributed by atoms with Crippen LogP contribution >= 0.6 is 0 Å². The summed E-state index contributed by atoms with van der Waals surface area (Å²) in [5, 5.41) is 13.3. The van der Waals surface area contributed by atoms with Gasteiger partial charge in [-0.05, 0) is 12.1 Å². The van der Waals surface area contributed by atoms with E-state index in [9.17, 15) is 10.1 Å². The van der Waals surface area contributed by atoms with Gasteiger partial charge < -0.3 is 11.1 Å². The zero-order valence-electron chi connectivity index (χ0n) is 8.57. The molecule has 0 bridgehead atoms. The number of anilines is 3. The fourth-order valence-electron chi connectivity index (χ4n) is 1.16. The normalized spacial score (nSPS) is 9.88. The van der Waals surface area contributed by atoms with Crippen LogP contribution in [0.2, 0.25) is 0 Å². The van der Waals surface area contributed by atoms with E-state index in [0.29, 0.717) is 5.69 Å². The Morgan fingerprint density at radius 2 is 1.94 bits per heavy atom. The third-order valence-corrected chi connectivity index (χ3v) is 1.92. The molecular formula is C9H8N6O2. The van der Waals surface area contributed by atoms with Crippen LogP contribution in [-0.2, 0) is 0 Å². The van der Waals surface area contributed by atoms with Crippen LogP contribution in [0.1, 0.15) is 0 Å². The quantitative estimate of drug-likeness (QED) is 0.600. The maximum atomic E-state index is 10.5. The van der Waals surface area contributed by atoms with Crippen molar-refractivity contribution in [3.63, 3.8) is 0 Å². The SMILES string of the molecule is Nc1ncnc(Nc2ccc([N+](=O)[O-])cc2)n1. The highest BCUT2D eigenvalue weighted by Gasteiger charge is 2.04. The van der Waals surface area contributed by atoms with Crippen LogP contribution < -0.4 is 11.1 Å². The van der Waals surface area contributed by atoms with Crippen molar-refractivity contribution in [3.8, 4) is 0 Å². The number of nitro groups is 1. The van der Waals surface area contributed by atoms with E-state index in [4.69, 9.17) is 5.73 Å². The molecule has 0 aliphatic heterocycles. The fourth-order valence-corrected chi connectivity index (χ4v) is 1.16. The maximum Gasteiger partial charge on any atom is 0.269 e. The number of nitrogens with zero attached hydrogens (tertiary/aromatic N) is 4. The number of hydrogen-bond donors (Lipinski definition) is 2. The molecule has 17 heavy (non-hydrogen) atoms. The molecule has 0 unspecified atom stereocenters. The Balaban J connectivity index is 2.16. The largest absolute Gasteiger partial charge is 0.368 e. The van der Waals surface area contributed by atoms with Gasteiger partial charge >= 0.3 is 0 Å². The molecule has 0 radical (unpaired) electrons. The molecule has 0 atom stereocenters. The van der Waals surface area contributed by atoms with Crippen molar-refractivity contribution in [1.82, 2.24) is 15.0 Å². The third kappa shape index (κ3) is 2.62. The van der Waals surface area contributed by atoms with Gasteiger partial charge in [0.15, 0.2) is 0 Å². The van der Waals surface area contributed by atoms with Crippen molar-refractivity contribution in [2.75, 3.05) is 11.1 Å². The Labute approximate surface area is 95.7 Å². The van der Waals surface area contributed by atoms with Gasteiger partial charge in [-0.2, -0.15) is 4.98 Å². The van der Waals surface area contributed by atoms with E-state index in [1.54, 1.807) is 12.1 Å². The van der Waals surface area contributed by atoms with Crippen LogP contribution in [0.3, 0.4) is 0 Å². The van der Waals surface area contributed by atoms with E-state index in [-0.39, 0.29) is 17.6 Å². The van der Waals surface area contributed by atoms with E-state index in [2.05, 4.69) is 20.3 Å². The second kappa shape index (κ2) is 4.39. The van der Waals surface area contributed by atoms with Gasteiger partial charge in [-0.3, -0.25) is 10.1 Å². The minimum atomic E-state index is -0.468. The second-order valence-corrected chi connectivity index (χ2v) is 3.10. The molecule has 1 heterocycles. The highest BCUT2D eigenvalue weighted by molar-refractivity contribution is 5.55. The minimum absolute atomic E-state index is 0.0192. The average Bonchev–Trinajstić information content (AvgIpc) is 2.29. The van der Waals surface area contributed by atoms with Crippen molar-refractivity contribution in [3.05, 3.63) is 40.7 Å². The molecule has 0 fully saturated rings. The zero-order valence-corrected chi connectivity index (χ0v) is 8.57. The van der Waals surface area contributed by atoms with Gasteiger partial charge in [-0.1, -0.05) is 0 Å². The maximum absolute atomic E-state index is 10.5. The van der Waals surface area contributed by atoms with E-state index in [1.165, 1.54) is 18.5 Å². The molecule has 1 aromatic carbocycles. The number of benzene rings is 1. The molecule has 3 N–H and O–H groups in total. The number of nitrogen functional groups attached to an aromatic ring is 1. The van der Waals surface area contributed by atoms with Crippen LogP contribution in [0, 0.1) is 10.1 Å². The van der Waals surface area contributed by atoms with Crippen LogP contribution in [0.15, 0.2) is 30.6 Å². The lowest BCUT2D eigenvalue weighted by Gasteiger charge is -2.03. The van der Waals surface area contributed by atoms with E-state index >= 15 is 0 Å². The number of nitro benzene ring substituents is 1. The summed E-state index contributed by atoms with van der Waals surface area (Å²) in [7, 11) is 0. The van der Waals surface area contributed by atoms with Gasteiger partial charge in [0.2, 0.25) is 11.9 Å². The molecule has 0 amide bonds. The Kier molecular flexibility index (Phi) is 2.77. The summed E-state index contributed by atoms with van der Waals surface area (Å²) in [6.07, 6.45) is 1.27. The first-order chi connectivity index (χ1) is 8.15. The Bertz CT molecular complexity index is 541. The van der Waals surface area contributed by atoms with E-state index in [0.717, 1.165) is 0 Å². The highest BCUT2D eigenvalue weighted by atomic mass is 16.6. The summed E-state index contributed by atoms with van der Waals surface area (Å²) in [5.74, 6) is 0.385. The van der Waals surface area contributed by atoms with Crippen LogP contribution in [0.25, 0.3) is 0 Å². The number of rotatable bonds is 3.